The summed E-state index contributed by atoms with van der Waals surface area (Å²) in [5.74, 6) is 1.84. The zero-order valence-corrected chi connectivity index (χ0v) is 14.7. The Morgan fingerprint density at radius 2 is 1.72 bits per heavy atom. The molecule has 6 nitrogen and oxygen atoms in total. The molecule has 2 aromatic carbocycles. The van der Waals surface area contributed by atoms with E-state index in [-0.39, 0.29) is 5.91 Å². The molecule has 4 N–H and O–H groups in total. The van der Waals surface area contributed by atoms with Crippen molar-refractivity contribution in [2.75, 3.05) is 17.3 Å². The highest BCUT2D eigenvalue weighted by Gasteiger charge is 2.19. The molecular formula is C18H21N3O3S. The van der Waals surface area contributed by atoms with Crippen LogP contribution in [-0.4, -0.2) is 30.0 Å². The van der Waals surface area contributed by atoms with Crippen molar-refractivity contribution in [2.24, 2.45) is 5.73 Å². The smallest absolute Gasteiger partial charge is 0.312 e. The number of amides is 3. The highest BCUT2D eigenvalue weighted by atomic mass is 32.2. The maximum Gasteiger partial charge on any atom is 0.312 e. The van der Waals surface area contributed by atoms with Gasteiger partial charge in [-0.05, 0) is 54.8 Å². The number of carbonyl (C=O) groups is 2. The first kappa shape index (κ1) is 18.7. The zero-order chi connectivity index (χ0) is 18.1. The number of hydrogen-bond acceptors (Lipinski definition) is 4. The van der Waals surface area contributed by atoms with Crippen molar-refractivity contribution in [3.8, 4) is 11.5 Å². The summed E-state index contributed by atoms with van der Waals surface area (Å²) in [6.45, 7) is 0. The van der Waals surface area contributed by atoms with Crippen LogP contribution in [-0.2, 0) is 4.79 Å². The van der Waals surface area contributed by atoms with Crippen LogP contribution in [0.2, 0.25) is 0 Å². The molecule has 25 heavy (non-hydrogen) atoms. The lowest BCUT2D eigenvalue weighted by atomic mass is 10.2. The van der Waals surface area contributed by atoms with E-state index in [1.165, 1.54) is 0 Å². The lowest BCUT2D eigenvalue weighted by molar-refractivity contribution is -0.117. The van der Waals surface area contributed by atoms with Gasteiger partial charge in [-0.1, -0.05) is 18.2 Å². The zero-order valence-electron chi connectivity index (χ0n) is 13.9. The number of benzene rings is 2. The number of nitrogens with one attached hydrogen (secondary N) is 2. The first-order chi connectivity index (χ1) is 12.1. The van der Waals surface area contributed by atoms with Gasteiger partial charge in [0.1, 0.15) is 17.5 Å². The van der Waals surface area contributed by atoms with Crippen molar-refractivity contribution < 1.29 is 14.3 Å². The number of anilines is 1. The van der Waals surface area contributed by atoms with Crippen LogP contribution in [0.15, 0.2) is 54.6 Å². The molecule has 0 heterocycles. The predicted octanol–water partition coefficient (Wildman–Crippen LogP) is 3.21. The van der Waals surface area contributed by atoms with Gasteiger partial charge in [0.2, 0.25) is 5.91 Å². The second-order valence-corrected chi connectivity index (χ2v) is 6.26. The van der Waals surface area contributed by atoms with Crippen molar-refractivity contribution in [3.63, 3.8) is 0 Å². The maximum atomic E-state index is 12.3. The fourth-order valence-corrected chi connectivity index (χ4v) is 2.61. The minimum atomic E-state index is -0.715. The predicted molar refractivity (Wildman–Crippen MR) is 101 cm³/mol. The number of hydrogen-bond donors (Lipinski definition) is 3. The van der Waals surface area contributed by atoms with Gasteiger partial charge in [0.25, 0.3) is 0 Å². The van der Waals surface area contributed by atoms with Gasteiger partial charge in [-0.15, -0.1) is 0 Å². The molecular weight excluding hydrogens is 338 g/mol. The van der Waals surface area contributed by atoms with Crippen molar-refractivity contribution >= 4 is 29.4 Å². The van der Waals surface area contributed by atoms with Crippen LogP contribution in [0.25, 0.3) is 0 Å². The van der Waals surface area contributed by atoms with Gasteiger partial charge < -0.3 is 21.1 Å². The fourth-order valence-electron chi connectivity index (χ4n) is 2.14. The van der Waals surface area contributed by atoms with E-state index < -0.39 is 12.1 Å². The Morgan fingerprint density at radius 3 is 2.32 bits per heavy atom. The molecule has 0 bridgehead atoms. The molecule has 0 aliphatic heterocycles. The van der Waals surface area contributed by atoms with Gasteiger partial charge in [-0.25, -0.2) is 4.79 Å². The minimum Gasteiger partial charge on any atom is -0.457 e. The normalized spacial score (nSPS) is 11.4. The molecule has 0 fully saturated rings. The van der Waals surface area contributed by atoms with Crippen molar-refractivity contribution in [2.45, 2.75) is 12.5 Å². The highest BCUT2D eigenvalue weighted by Crippen LogP contribution is 2.22. The molecule has 0 aliphatic rings. The molecule has 0 saturated heterocycles. The SMILES string of the molecule is CSCC[C@H](NC(N)=O)C(=O)Nc1ccc(Oc2ccccc2)cc1. The molecule has 0 saturated carbocycles. The Balaban J connectivity index is 1.96. The van der Waals surface area contributed by atoms with E-state index in [1.54, 1.807) is 36.0 Å². The molecule has 132 valence electrons. The van der Waals surface area contributed by atoms with Crippen molar-refractivity contribution in [3.05, 3.63) is 54.6 Å². The third kappa shape index (κ3) is 6.39. The number of carbonyl (C=O) groups excluding carboxylic acids is 2. The third-order valence-corrected chi connectivity index (χ3v) is 3.99. The van der Waals surface area contributed by atoms with Crippen LogP contribution in [0.3, 0.4) is 0 Å². The average Bonchev–Trinajstić information content (AvgIpc) is 2.61. The number of rotatable bonds is 8. The molecule has 3 amide bonds. The van der Waals surface area contributed by atoms with Gasteiger partial charge in [0, 0.05) is 5.69 Å². The highest BCUT2D eigenvalue weighted by molar-refractivity contribution is 7.98. The largest absolute Gasteiger partial charge is 0.457 e. The summed E-state index contributed by atoms with van der Waals surface area (Å²) < 4.78 is 5.70. The van der Waals surface area contributed by atoms with Crippen molar-refractivity contribution in [1.29, 1.82) is 0 Å². The lowest BCUT2D eigenvalue weighted by Crippen LogP contribution is -2.46. The van der Waals surface area contributed by atoms with E-state index in [4.69, 9.17) is 10.5 Å². The van der Waals surface area contributed by atoms with Gasteiger partial charge in [-0.3, -0.25) is 4.79 Å². The van der Waals surface area contributed by atoms with E-state index in [9.17, 15) is 9.59 Å². The summed E-state index contributed by atoms with van der Waals surface area (Å²) in [5.41, 5.74) is 5.75. The van der Waals surface area contributed by atoms with Crippen LogP contribution >= 0.6 is 11.8 Å². The molecule has 0 spiro atoms. The number of thioether (sulfide) groups is 1. The number of urea groups is 1. The summed E-state index contributed by atoms with van der Waals surface area (Å²) in [6.07, 6.45) is 2.44. The van der Waals surface area contributed by atoms with Crippen LogP contribution in [0, 0.1) is 0 Å². The third-order valence-electron chi connectivity index (χ3n) is 3.34. The second kappa shape index (κ2) is 9.58. The van der Waals surface area contributed by atoms with E-state index in [0.29, 0.717) is 17.9 Å². The number of primary amides is 1. The molecule has 1 atom stereocenters. The molecule has 0 aliphatic carbocycles. The molecule has 7 heteroatoms. The Bertz CT molecular complexity index is 692. The summed E-state index contributed by atoms with van der Waals surface area (Å²) >= 11 is 1.59. The van der Waals surface area contributed by atoms with Crippen LogP contribution in [0.1, 0.15) is 6.42 Å². The first-order valence-corrected chi connectivity index (χ1v) is 9.16. The second-order valence-electron chi connectivity index (χ2n) is 5.27. The molecule has 0 aromatic heterocycles. The Morgan fingerprint density at radius 1 is 1.08 bits per heavy atom. The molecule has 2 rings (SSSR count). The number of ether oxygens (including phenoxy) is 1. The summed E-state index contributed by atoms with van der Waals surface area (Å²) in [5, 5.41) is 5.24. The maximum absolute atomic E-state index is 12.3. The Labute approximate surface area is 151 Å². The molecule has 0 radical (unpaired) electrons. The summed E-state index contributed by atoms with van der Waals surface area (Å²) in [6, 6.07) is 15.1. The average molecular weight is 359 g/mol. The van der Waals surface area contributed by atoms with Gasteiger partial charge >= 0.3 is 6.03 Å². The number of nitrogens with two attached hydrogens (primary N) is 1. The van der Waals surface area contributed by atoms with Crippen LogP contribution in [0.5, 0.6) is 11.5 Å². The topological polar surface area (TPSA) is 93.5 Å². The summed E-state index contributed by atoms with van der Waals surface area (Å²) in [4.78, 5) is 23.4. The summed E-state index contributed by atoms with van der Waals surface area (Å²) in [7, 11) is 0. The van der Waals surface area contributed by atoms with E-state index in [0.717, 1.165) is 11.5 Å². The van der Waals surface area contributed by atoms with Crippen LogP contribution < -0.4 is 21.1 Å². The Hall–Kier alpha value is -2.67. The fraction of sp³-hybridized carbons (Fsp3) is 0.222. The standard InChI is InChI=1S/C18H21N3O3S/c1-25-12-11-16(21-18(19)23)17(22)20-13-7-9-15(10-8-13)24-14-5-3-2-4-6-14/h2-10,16H,11-12H2,1H3,(H,20,22)(H3,19,21,23)/t16-/m0/s1. The monoisotopic (exact) mass is 359 g/mol. The van der Waals surface area contributed by atoms with E-state index in [1.807, 2.05) is 36.6 Å². The van der Waals surface area contributed by atoms with Crippen LogP contribution in [0.4, 0.5) is 10.5 Å². The minimum absolute atomic E-state index is 0.301. The van der Waals surface area contributed by atoms with E-state index in [2.05, 4.69) is 10.6 Å². The van der Waals surface area contributed by atoms with Gasteiger partial charge in [0.15, 0.2) is 0 Å². The lowest BCUT2D eigenvalue weighted by Gasteiger charge is -2.17. The quantitative estimate of drug-likeness (QED) is 0.675. The molecule has 0 unspecified atom stereocenters. The Kier molecular flexibility index (Phi) is 7.16. The number of para-hydroxylation sites is 1. The van der Waals surface area contributed by atoms with Gasteiger partial charge in [-0.2, -0.15) is 11.8 Å². The van der Waals surface area contributed by atoms with Gasteiger partial charge in [0.05, 0.1) is 0 Å². The van der Waals surface area contributed by atoms with E-state index >= 15 is 0 Å². The first-order valence-electron chi connectivity index (χ1n) is 7.77. The molecule has 2 aromatic rings. The van der Waals surface area contributed by atoms with Crippen molar-refractivity contribution in [1.82, 2.24) is 5.32 Å².